The van der Waals surface area contributed by atoms with Crippen LogP contribution >= 0.6 is 0 Å². The van der Waals surface area contributed by atoms with E-state index in [0.29, 0.717) is 13.0 Å². The van der Waals surface area contributed by atoms with Gasteiger partial charge in [-0.05, 0) is 30.0 Å². The third-order valence-corrected chi connectivity index (χ3v) is 4.66. The minimum Gasteiger partial charge on any atom is -0.352 e. The average molecular weight is 286 g/mol. The molecular formula is C17H22N2O2. The molecule has 112 valence electrons. The Balaban J connectivity index is 1.60. The summed E-state index contributed by atoms with van der Waals surface area (Å²) in [7, 11) is 1.80. The van der Waals surface area contributed by atoms with Gasteiger partial charge in [-0.25, -0.2) is 0 Å². The van der Waals surface area contributed by atoms with Gasteiger partial charge in [-0.2, -0.15) is 0 Å². The van der Waals surface area contributed by atoms with E-state index in [-0.39, 0.29) is 17.7 Å². The van der Waals surface area contributed by atoms with Crippen LogP contribution in [-0.4, -0.2) is 18.9 Å². The Bertz CT molecular complexity index is 562. The Hall–Kier alpha value is -1.84. The quantitative estimate of drug-likeness (QED) is 0.927. The molecule has 3 rings (SSSR count). The van der Waals surface area contributed by atoms with Crippen molar-refractivity contribution < 1.29 is 9.59 Å². The number of benzene rings is 1. The van der Waals surface area contributed by atoms with Crippen molar-refractivity contribution in [2.45, 2.75) is 45.1 Å². The molecule has 21 heavy (non-hydrogen) atoms. The number of hydrogen-bond donors (Lipinski definition) is 1. The van der Waals surface area contributed by atoms with Crippen molar-refractivity contribution in [2.24, 2.45) is 5.92 Å². The lowest BCUT2D eigenvalue weighted by Crippen LogP contribution is -2.31. The van der Waals surface area contributed by atoms with Crippen molar-refractivity contribution in [1.29, 1.82) is 0 Å². The second-order valence-corrected chi connectivity index (χ2v) is 6.15. The summed E-state index contributed by atoms with van der Waals surface area (Å²) in [6.45, 7) is 0.556. The summed E-state index contributed by atoms with van der Waals surface area (Å²) in [5.41, 5.74) is 3.12. The summed E-state index contributed by atoms with van der Waals surface area (Å²) in [5.74, 6) is 0.512. The maximum Gasteiger partial charge on any atom is 0.231 e. The van der Waals surface area contributed by atoms with Gasteiger partial charge in [-0.15, -0.1) is 0 Å². The van der Waals surface area contributed by atoms with Gasteiger partial charge in [-0.1, -0.05) is 31.4 Å². The largest absolute Gasteiger partial charge is 0.352 e. The van der Waals surface area contributed by atoms with Crippen molar-refractivity contribution in [3.63, 3.8) is 0 Å². The molecule has 1 fully saturated rings. The Morgan fingerprint density at radius 3 is 2.81 bits per heavy atom. The van der Waals surface area contributed by atoms with Gasteiger partial charge >= 0.3 is 0 Å². The third-order valence-electron chi connectivity index (χ3n) is 4.66. The smallest absolute Gasteiger partial charge is 0.231 e. The zero-order valence-electron chi connectivity index (χ0n) is 12.5. The van der Waals surface area contributed by atoms with Crippen LogP contribution in [0.4, 0.5) is 5.69 Å². The van der Waals surface area contributed by atoms with E-state index >= 15 is 0 Å². The molecule has 0 atom stereocenters. The van der Waals surface area contributed by atoms with Gasteiger partial charge in [-0.3, -0.25) is 9.59 Å². The Labute approximate surface area is 125 Å². The molecule has 0 radical (unpaired) electrons. The fourth-order valence-electron chi connectivity index (χ4n) is 3.33. The van der Waals surface area contributed by atoms with Gasteiger partial charge in [0, 0.05) is 25.2 Å². The van der Waals surface area contributed by atoms with Crippen molar-refractivity contribution in [2.75, 3.05) is 11.9 Å². The number of likely N-dealkylation sites (N-methyl/N-ethyl adjacent to an activating group) is 1. The van der Waals surface area contributed by atoms with E-state index < -0.39 is 0 Å². The lowest BCUT2D eigenvalue weighted by Gasteiger charge is -2.20. The maximum atomic E-state index is 12.1. The van der Waals surface area contributed by atoms with Crippen LogP contribution in [0.1, 0.15) is 43.2 Å². The van der Waals surface area contributed by atoms with Gasteiger partial charge in [0.1, 0.15) is 0 Å². The summed E-state index contributed by atoms with van der Waals surface area (Å²) in [4.78, 5) is 25.5. The summed E-state index contributed by atoms with van der Waals surface area (Å²) >= 11 is 0. The Morgan fingerprint density at radius 1 is 1.29 bits per heavy atom. The van der Waals surface area contributed by atoms with Gasteiger partial charge in [0.25, 0.3) is 0 Å². The van der Waals surface area contributed by atoms with Crippen molar-refractivity contribution in [3.8, 4) is 0 Å². The highest BCUT2D eigenvalue weighted by Gasteiger charge is 2.24. The van der Waals surface area contributed by atoms with Crippen LogP contribution in [0.2, 0.25) is 0 Å². The van der Waals surface area contributed by atoms with Crippen LogP contribution in [0.3, 0.4) is 0 Å². The van der Waals surface area contributed by atoms with E-state index in [2.05, 4.69) is 5.32 Å². The van der Waals surface area contributed by atoms with Gasteiger partial charge in [0.15, 0.2) is 0 Å². The molecule has 4 heteroatoms. The van der Waals surface area contributed by atoms with Crippen molar-refractivity contribution in [3.05, 3.63) is 29.3 Å². The molecule has 0 unspecified atom stereocenters. The lowest BCUT2D eigenvalue weighted by molar-refractivity contribution is -0.126. The van der Waals surface area contributed by atoms with E-state index in [1.165, 1.54) is 19.3 Å². The number of hydrogen-bond acceptors (Lipinski definition) is 2. The second kappa shape index (κ2) is 5.88. The van der Waals surface area contributed by atoms with Crippen LogP contribution in [-0.2, 0) is 22.6 Å². The van der Waals surface area contributed by atoms with Crippen molar-refractivity contribution >= 4 is 17.5 Å². The van der Waals surface area contributed by atoms with Crippen LogP contribution in [0, 0.1) is 5.92 Å². The molecule has 0 aromatic heterocycles. The van der Waals surface area contributed by atoms with E-state index in [9.17, 15) is 9.59 Å². The second-order valence-electron chi connectivity index (χ2n) is 6.15. The normalized spacial score (nSPS) is 18.7. The first-order valence-corrected chi connectivity index (χ1v) is 7.81. The highest BCUT2D eigenvalue weighted by atomic mass is 16.2. The molecule has 1 saturated carbocycles. The summed E-state index contributed by atoms with van der Waals surface area (Å²) < 4.78 is 0. The molecular weight excluding hydrogens is 264 g/mol. The SMILES string of the molecule is CN1C(=O)Cc2cc(CNC(=O)C3CCCCC3)ccc21. The molecule has 1 heterocycles. The van der Waals surface area contributed by atoms with Gasteiger partial charge < -0.3 is 10.2 Å². The Kier molecular flexibility index (Phi) is 3.95. The van der Waals surface area contributed by atoms with E-state index in [0.717, 1.165) is 29.7 Å². The zero-order valence-corrected chi connectivity index (χ0v) is 12.5. The molecule has 4 nitrogen and oxygen atoms in total. The number of rotatable bonds is 3. The number of anilines is 1. The molecule has 1 N–H and O–H groups in total. The standard InChI is InChI=1S/C17H22N2O2/c1-19-15-8-7-12(9-14(15)10-16(19)20)11-18-17(21)13-5-3-2-4-6-13/h7-9,13H,2-6,10-11H2,1H3,(H,18,21). The molecule has 2 aliphatic rings. The summed E-state index contributed by atoms with van der Waals surface area (Å²) in [6, 6.07) is 6.01. The van der Waals surface area contributed by atoms with E-state index in [1.54, 1.807) is 11.9 Å². The fourth-order valence-corrected chi connectivity index (χ4v) is 3.33. The maximum absolute atomic E-state index is 12.1. The monoisotopic (exact) mass is 286 g/mol. The van der Waals surface area contributed by atoms with E-state index in [1.807, 2.05) is 18.2 Å². The first-order valence-electron chi connectivity index (χ1n) is 7.81. The lowest BCUT2D eigenvalue weighted by atomic mass is 9.88. The first kappa shape index (κ1) is 14.1. The number of carbonyl (C=O) groups excluding carboxylic acids is 2. The highest BCUT2D eigenvalue weighted by Crippen LogP contribution is 2.28. The van der Waals surface area contributed by atoms with Crippen LogP contribution in [0.5, 0.6) is 0 Å². The molecule has 2 amide bonds. The minimum absolute atomic E-state index is 0.133. The predicted octanol–water partition coefficient (Wildman–Crippen LogP) is 2.40. The minimum atomic E-state index is 0.133. The predicted molar refractivity (Wildman–Crippen MR) is 82.0 cm³/mol. The molecule has 0 spiro atoms. The number of carbonyl (C=O) groups is 2. The Morgan fingerprint density at radius 2 is 2.05 bits per heavy atom. The molecule has 1 aliphatic carbocycles. The van der Waals surface area contributed by atoms with Crippen molar-refractivity contribution in [1.82, 2.24) is 5.32 Å². The first-order chi connectivity index (χ1) is 10.1. The van der Waals surface area contributed by atoms with Crippen LogP contribution in [0.15, 0.2) is 18.2 Å². The number of nitrogens with one attached hydrogen (secondary N) is 1. The molecule has 0 saturated heterocycles. The number of fused-ring (bicyclic) bond motifs is 1. The summed E-state index contributed by atoms with van der Waals surface area (Å²) in [5, 5.41) is 3.04. The van der Waals surface area contributed by atoms with Gasteiger partial charge in [0.05, 0.1) is 6.42 Å². The number of nitrogens with zero attached hydrogens (tertiary/aromatic N) is 1. The van der Waals surface area contributed by atoms with E-state index in [4.69, 9.17) is 0 Å². The molecule has 0 bridgehead atoms. The highest BCUT2D eigenvalue weighted by molar-refractivity contribution is 6.00. The molecule has 1 aromatic rings. The topological polar surface area (TPSA) is 49.4 Å². The zero-order chi connectivity index (χ0) is 14.8. The summed E-state index contributed by atoms with van der Waals surface area (Å²) in [6.07, 6.45) is 6.12. The molecule has 1 aliphatic heterocycles. The average Bonchev–Trinajstić information content (AvgIpc) is 2.80. The van der Waals surface area contributed by atoms with Crippen LogP contribution < -0.4 is 10.2 Å². The fraction of sp³-hybridized carbons (Fsp3) is 0.529. The molecule has 1 aromatic carbocycles. The van der Waals surface area contributed by atoms with Crippen LogP contribution in [0.25, 0.3) is 0 Å². The third kappa shape index (κ3) is 2.94. The van der Waals surface area contributed by atoms with Gasteiger partial charge in [0.2, 0.25) is 11.8 Å². The number of amides is 2.